The minimum atomic E-state index is -0.592. The van der Waals surface area contributed by atoms with Crippen LogP contribution in [0.4, 0.5) is 14.5 Å². The highest BCUT2D eigenvalue weighted by Crippen LogP contribution is 2.25. The van der Waals surface area contributed by atoms with Crippen LogP contribution in [0.2, 0.25) is 0 Å². The van der Waals surface area contributed by atoms with Crippen molar-refractivity contribution in [1.82, 2.24) is 9.97 Å². The molecule has 21 heavy (non-hydrogen) atoms. The molecule has 1 aromatic heterocycles. The number of hydrogen-bond acceptors (Lipinski definition) is 2. The Kier molecular flexibility index (Phi) is 3.21. The van der Waals surface area contributed by atoms with Crippen molar-refractivity contribution in [3.63, 3.8) is 0 Å². The van der Waals surface area contributed by atoms with Gasteiger partial charge in [0.15, 0.2) is 0 Å². The molecule has 3 rings (SSSR count). The van der Waals surface area contributed by atoms with E-state index in [1.807, 2.05) is 0 Å². The largest absolute Gasteiger partial charge is 0.378 e. The number of aromatic nitrogens is 2. The van der Waals surface area contributed by atoms with Crippen LogP contribution in [0.5, 0.6) is 0 Å². The number of fused-ring (bicyclic) bond motifs is 1. The molecule has 6 heteroatoms. The van der Waals surface area contributed by atoms with Crippen LogP contribution in [0.25, 0.3) is 11.0 Å². The van der Waals surface area contributed by atoms with E-state index in [9.17, 15) is 13.6 Å². The fraction of sp³-hybridized carbons (Fsp3) is 0.133. The van der Waals surface area contributed by atoms with E-state index >= 15 is 0 Å². The lowest BCUT2D eigenvalue weighted by Crippen LogP contribution is -2.10. The summed E-state index contributed by atoms with van der Waals surface area (Å²) in [7, 11) is 0. The standard InChI is InChI=1S/C15H13F2N3O/c1-8(14-10(16)3-2-4-11(14)17)18-9-5-6-12-13(7-9)20-15(21)19-12/h2-8,18H,1H3,(H2,19,20,21). The molecule has 1 heterocycles. The van der Waals surface area contributed by atoms with E-state index in [1.165, 1.54) is 18.2 Å². The van der Waals surface area contributed by atoms with E-state index in [0.717, 1.165) is 0 Å². The lowest BCUT2D eigenvalue weighted by Gasteiger charge is -2.17. The van der Waals surface area contributed by atoms with Crippen LogP contribution in [0.3, 0.4) is 0 Å². The van der Waals surface area contributed by atoms with E-state index in [2.05, 4.69) is 15.3 Å². The number of rotatable bonds is 3. The Bertz CT molecular complexity index is 833. The number of imidazole rings is 1. The highest BCUT2D eigenvalue weighted by Gasteiger charge is 2.15. The molecule has 0 saturated carbocycles. The molecule has 4 nitrogen and oxygen atoms in total. The fourth-order valence-corrected chi connectivity index (χ4v) is 2.37. The zero-order valence-electron chi connectivity index (χ0n) is 11.2. The Morgan fingerprint density at radius 1 is 1.05 bits per heavy atom. The minimum Gasteiger partial charge on any atom is -0.378 e. The normalized spacial score (nSPS) is 12.5. The Balaban J connectivity index is 1.92. The van der Waals surface area contributed by atoms with Gasteiger partial charge in [0, 0.05) is 11.3 Å². The van der Waals surface area contributed by atoms with Gasteiger partial charge in [-0.25, -0.2) is 13.6 Å². The number of H-pyrrole nitrogens is 2. The van der Waals surface area contributed by atoms with Gasteiger partial charge >= 0.3 is 5.69 Å². The molecule has 0 radical (unpaired) electrons. The van der Waals surface area contributed by atoms with Crippen LogP contribution in [0, 0.1) is 11.6 Å². The van der Waals surface area contributed by atoms with E-state index < -0.39 is 17.7 Å². The van der Waals surface area contributed by atoms with Crippen LogP contribution in [-0.4, -0.2) is 9.97 Å². The summed E-state index contributed by atoms with van der Waals surface area (Å²) in [6.07, 6.45) is 0. The molecular weight excluding hydrogens is 276 g/mol. The Labute approximate surface area is 118 Å². The number of nitrogens with one attached hydrogen (secondary N) is 3. The first-order valence-corrected chi connectivity index (χ1v) is 6.47. The van der Waals surface area contributed by atoms with Gasteiger partial charge in [-0.05, 0) is 37.3 Å². The number of aromatic amines is 2. The Morgan fingerprint density at radius 3 is 2.43 bits per heavy atom. The van der Waals surface area contributed by atoms with Crippen molar-refractivity contribution in [2.45, 2.75) is 13.0 Å². The second kappa shape index (κ2) is 5.05. The molecule has 1 atom stereocenters. The van der Waals surface area contributed by atoms with Crippen LogP contribution in [-0.2, 0) is 0 Å². The Hall–Kier alpha value is -2.63. The number of benzene rings is 2. The maximum atomic E-state index is 13.7. The third kappa shape index (κ3) is 2.52. The quantitative estimate of drug-likeness (QED) is 0.692. The van der Waals surface area contributed by atoms with Crippen LogP contribution in [0.1, 0.15) is 18.5 Å². The zero-order chi connectivity index (χ0) is 15.0. The predicted molar refractivity (Wildman–Crippen MR) is 77.3 cm³/mol. The van der Waals surface area contributed by atoms with Crippen molar-refractivity contribution < 1.29 is 8.78 Å². The maximum Gasteiger partial charge on any atom is 0.323 e. The monoisotopic (exact) mass is 289 g/mol. The molecule has 0 spiro atoms. The summed E-state index contributed by atoms with van der Waals surface area (Å²) in [4.78, 5) is 16.5. The lowest BCUT2D eigenvalue weighted by atomic mass is 10.1. The van der Waals surface area contributed by atoms with Crippen molar-refractivity contribution in [3.05, 3.63) is 64.1 Å². The van der Waals surface area contributed by atoms with Crippen LogP contribution in [0.15, 0.2) is 41.2 Å². The maximum absolute atomic E-state index is 13.7. The zero-order valence-corrected chi connectivity index (χ0v) is 11.2. The van der Waals surface area contributed by atoms with Gasteiger partial charge in [-0.2, -0.15) is 0 Å². The number of anilines is 1. The first-order valence-electron chi connectivity index (χ1n) is 6.47. The van der Waals surface area contributed by atoms with E-state index in [4.69, 9.17) is 0 Å². The van der Waals surface area contributed by atoms with Crippen molar-refractivity contribution in [2.75, 3.05) is 5.32 Å². The number of hydrogen-bond donors (Lipinski definition) is 3. The fourth-order valence-electron chi connectivity index (χ4n) is 2.37. The first-order chi connectivity index (χ1) is 10.0. The molecule has 0 aliphatic carbocycles. The molecule has 0 amide bonds. The van der Waals surface area contributed by atoms with Crippen LogP contribution < -0.4 is 11.0 Å². The molecule has 108 valence electrons. The minimum absolute atomic E-state index is 0.0137. The van der Waals surface area contributed by atoms with Gasteiger partial charge in [0.05, 0.1) is 17.1 Å². The Morgan fingerprint density at radius 2 is 1.71 bits per heavy atom. The summed E-state index contributed by atoms with van der Waals surface area (Å²) in [5.74, 6) is -1.18. The molecule has 1 unspecified atom stereocenters. The highest BCUT2D eigenvalue weighted by atomic mass is 19.1. The average molecular weight is 289 g/mol. The van der Waals surface area contributed by atoms with Crippen LogP contribution >= 0.6 is 0 Å². The smallest absolute Gasteiger partial charge is 0.323 e. The van der Waals surface area contributed by atoms with Gasteiger partial charge in [-0.1, -0.05) is 6.07 Å². The van der Waals surface area contributed by atoms with Gasteiger partial charge < -0.3 is 15.3 Å². The molecule has 0 fully saturated rings. The molecule has 0 saturated heterocycles. The molecule has 0 bridgehead atoms. The summed E-state index contributed by atoms with van der Waals surface area (Å²) in [5.41, 5.74) is 1.66. The highest BCUT2D eigenvalue weighted by molar-refractivity contribution is 5.78. The second-order valence-electron chi connectivity index (χ2n) is 4.84. The third-order valence-electron chi connectivity index (χ3n) is 3.33. The topological polar surface area (TPSA) is 60.7 Å². The van der Waals surface area contributed by atoms with Crippen molar-refractivity contribution in [2.24, 2.45) is 0 Å². The van der Waals surface area contributed by atoms with E-state index in [0.29, 0.717) is 16.7 Å². The second-order valence-corrected chi connectivity index (χ2v) is 4.84. The SMILES string of the molecule is CC(Nc1ccc2[nH]c(=O)[nH]c2c1)c1c(F)cccc1F. The first kappa shape index (κ1) is 13.4. The molecule has 3 N–H and O–H groups in total. The third-order valence-corrected chi connectivity index (χ3v) is 3.33. The summed E-state index contributed by atoms with van der Waals surface area (Å²) in [6.45, 7) is 1.67. The van der Waals surface area contributed by atoms with Crippen molar-refractivity contribution >= 4 is 16.7 Å². The molecule has 0 aliphatic heterocycles. The van der Waals surface area contributed by atoms with Gasteiger partial charge in [0.1, 0.15) is 11.6 Å². The molecular formula is C15H13F2N3O. The summed E-state index contributed by atoms with van der Waals surface area (Å²) >= 11 is 0. The van der Waals surface area contributed by atoms with Crippen molar-refractivity contribution in [3.8, 4) is 0 Å². The summed E-state index contributed by atoms with van der Waals surface area (Å²) < 4.78 is 27.5. The average Bonchev–Trinajstić information content (AvgIpc) is 2.77. The summed E-state index contributed by atoms with van der Waals surface area (Å²) in [5, 5.41) is 3.03. The molecule has 3 aromatic rings. The molecule has 2 aromatic carbocycles. The predicted octanol–water partition coefficient (Wildman–Crippen LogP) is 3.31. The van der Waals surface area contributed by atoms with E-state index in [1.54, 1.807) is 25.1 Å². The molecule has 0 aliphatic rings. The van der Waals surface area contributed by atoms with Gasteiger partial charge in [-0.3, -0.25) is 0 Å². The summed E-state index contributed by atoms with van der Waals surface area (Å²) in [6, 6.07) is 8.41. The van der Waals surface area contributed by atoms with Gasteiger partial charge in [-0.15, -0.1) is 0 Å². The van der Waals surface area contributed by atoms with E-state index in [-0.39, 0.29) is 11.3 Å². The van der Waals surface area contributed by atoms with Gasteiger partial charge in [0.2, 0.25) is 0 Å². The van der Waals surface area contributed by atoms with Gasteiger partial charge in [0.25, 0.3) is 0 Å². The lowest BCUT2D eigenvalue weighted by molar-refractivity contribution is 0.544. The number of halogens is 2. The van der Waals surface area contributed by atoms with Crippen molar-refractivity contribution in [1.29, 1.82) is 0 Å².